The Morgan fingerprint density at radius 3 is 1.94 bits per heavy atom. The summed E-state index contributed by atoms with van der Waals surface area (Å²) >= 11 is 0. The zero-order valence-electron chi connectivity index (χ0n) is 11.6. The van der Waals surface area contributed by atoms with Gasteiger partial charge in [-0.3, -0.25) is 4.48 Å². The maximum atomic E-state index is 2.26. The summed E-state index contributed by atoms with van der Waals surface area (Å²) in [6.07, 6.45) is 1.10. The molecule has 0 aliphatic carbocycles. The van der Waals surface area contributed by atoms with E-state index in [0.717, 1.165) is 17.4 Å². The lowest BCUT2D eigenvalue weighted by Gasteiger charge is -2.29. The van der Waals surface area contributed by atoms with Crippen LogP contribution in [0.4, 0.5) is 5.69 Å². The first kappa shape index (κ1) is 12.8. The molecule has 0 aliphatic heterocycles. The van der Waals surface area contributed by atoms with E-state index < -0.39 is 0 Å². The van der Waals surface area contributed by atoms with Crippen molar-refractivity contribution in [1.29, 1.82) is 0 Å². The first-order valence-corrected chi connectivity index (χ1v) is 6.58. The minimum Gasteiger partial charge on any atom is -0.292 e. The van der Waals surface area contributed by atoms with Crippen molar-refractivity contribution in [1.82, 2.24) is 4.48 Å². The van der Waals surface area contributed by atoms with Crippen molar-refractivity contribution >= 4 is 5.69 Å². The van der Waals surface area contributed by atoms with E-state index in [0.29, 0.717) is 0 Å². The summed E-state index contributed by atoms with van der Waals surface area (Å²) in [6, 6.07) is 19.6. The van der Waals surface area contributed by atoms with Crippen molar-refractivity contribution < 1.29 is 0 Å². The van der Waals surface area contributed by atoms with Gasteiger partial charge in [0.1, 0.15) is 12.2 Å². The van der Waals surface area contributed by atoms with Gasteiger partial charge in [0.25, 0.3) is 0 Å². The van der Waals surface area contributed by atoms with Gasteiger partial charge in [-0.1, -0.05) is 49.4 Å². The van der Waals surface area contributed by atoms with Crippen LogP contribution < -0.4 is 4.48 Å². The van der Waals surface area contributed by atoms with Gasteiger partial charge in [-0.2, -0.15) is 0 Å². The van der Waals surface area contributed by atoms with E-state index in [1.807, 2.05) is 0 Å². The summed E-state index contributed by atoms with van der Waals surface area (Å²) in [5.74, 6) is 0. The number of nitrogens with zero attached hydrogens (tertiary/aromatic N) is 1. The third-order valence-electron chi connectivity index (χ3n) is 3.46. The Balaban J connectivity index is 2.19. The van der Waals surface area contributed by atoms with E-state index in [1.165, 1.54) is 16.8 Å². The Labute approximate surface area is 110 Å². The Morgan fingerprint density at radius 1 is 0.778 bits per heavy atom. The van der Waals surface area contributed by atoms with E-state index in [9.17, 15) is 0 Å². The van der Waals surface area contributed by atoms with E-state index >= 15 is 0 Å². The molecule has 0 bridgehead atoms. The minimum absolute atomic E-state index is 0.883. The standard InChI is InChI=1S/C17H22N/c1-4-15-10-12-17(13-11-15)18(2,3)14-16-8-6-5-7-9-16/h5-13H,4,14H2,1-3H3/q+1. The average Bonchev–Trinajstić information content (AvgIpc) is 2.39. The van der Waals surface area contributed by atoms with Gasteiger partial charge in [0.2, 0.25) is 0 Å². The Hall–Kier alpha value is -1.60. The predicted molar refractivity (Wildman–Crippen MR) is 79.6 cm³/mol. The number of hydrogen-bond donors (Lipinski definition) is 0. The van der Waals surface area contributed by atoms with Gasteiger partial charge in [0.15, 0.2) is 0 Å². The van der Waals surface area contributed by atoms with E-state index in [4.69, 9.17) is 0 Å². The first-order valence-electron chi connectivity index (χ1n) is 6.58. The van der Waals surface area contributed by atoms with Crippen LogP contribution in [0.15, 0.2) is 54.6 Å². The van der Waals surface area contributed by atoms with Gasteiger partial charge < -0.3 is 0 Å². The minimum atomic E-state index is 0.883. The van der Waals surface area contributed by atoms with Crippen LogP contribution in [0, 0.1) is 0 Å². The lowest BCUT2D eigenvalue weighted by Crippen LogP contribution is -2.39. The van der Waals surface area contributed by atoms with Crippen molar-refractivity contribution in [3.8, 4) is 0 Å². The summed E-state index contributed by atoms with van der Waals surface area (Å²) in [5.41, 5.74) is 4.14. The monoisotopic (exact) mass is 240 g/mol. The fraction of sp³-hybridized carbons (Fsp3) is 0.294. The molecule has 0 aromatic heterocycles. The number of rotatable bonds is 4. The Kier molecular flexibility index (Phi) is 3.83. The highest BCUT2D eigenvalue weighted by atomic mass is 15.3. The van der Waals surface area contributed by atoms with Crippen molar-refractivity contribution in [2.45, 2.75) is 19.9 Å². The quantitative estimate of drug-likeness (QED) is 0.708. The van der Waals surface area contributed by atoms with Crippen LogP contribution in [0.1, 0.15) is 18.1 Å². The summed E-state index contributed by atoms with van der Waals surface area (Å²) in [4.78, 5) is 0. The molecule has 1 nitrogen and oxygen atoms in total. The Bertz CT molecular complexity index is 483. The number of aryl methyl sites for hydroxylation is 1. The summed E-state index contributed by atoms with van der Waals surface area (Å²) in [5, 5.41) is 0. The summed E-state index contributed by atoms with van der Waals surface area (Å²) < 4.78 is 0.883. The molecular formula is C17H22N+. The molecule has 0 radical (unpaired) electrons. The second-order valence-corrected chi connectivity index (χ2v) is 5.35. The largest absolute Gasteiger partial charge is 0.292 e. The summed E-state index contributed by atoms with van der Waals surface area (Å²) in [6.45, 7) is 3.21. The second kappa shape index (κ2) is 5.36. The van der Waals surface area contributed by atoms with Crippen molar-refractivity contribution in [2.75, 3.05) is 14.1 Å². The molecule has 0 amide bonds. The number of benzene rings is 2. The van der Waals surface area contributed by atoms with E-state index in [-0.39, 0.29) is 0 Å². The van der Waals surface area contributed by atoms with E-state index in [1.54, 1.807) is 0 Å². The van der Waals surface area contributed by atoms with Crippen LogP contribution in [0.3, 0.4) is 0 Å². The van der Waals surface area contributed by atoms with Gasteiger partial charge >= 0.3 is 0 Å². The maximum Gasteiger partial charge on any atom is 0.132 e. The molecule has 0 heterocycles. The fourth-order valence-electron chi connectivity index (χ4n) is 2.27. The smallest absolute Gasteiger partial charge is 0.132 e. The Morgan fingerprint density at radius 2 is 1.39 bits per heavy atom. The van der Waals surface area contributed by atoms with Gasteiger partial charge in [-0.05, 0) is 24.1 Å². The molecule has 94 valence electrons. The molecule has 1 heteroatoms. The van der Waals surface area contributed by atoms with Crippen LogP contribution in [0.5, 0.6) is 0 Å². The normalized spacial score (nSPS) is 11.5. The van der Waals surface area contributed by atoms with Crippen LogP contribution in [-0.4, -0.2) is 14.1 Å². The second-order valence-electron chi connectivity index (χ2n) is 5.35. The highest BCUT2D eigenvalue weighted by Gasteiger charge is 2.19. The molecule has 0 fully saturated rings. The number of hydrogen-bond acceptors (Lipinski definition) is 0. The SMILES string of the molecule is CCc1ccc([N+](C)(C)Cc2ccccc2)cc1. The molecule has 0 unspecified atom stereocenters. The lowest BCUT2D eigenvalue weighted by molar-refractivity contribution is 0.392. The zero-order valence-corrected chi connectivity index (χ0v) is 11.6. The zero-order chi connectivity index (χ0) is 13.0. The van der Waals surface area contributed by atoms with Crippen molar-refractivity contribution in [2.24, 2.45) is 0 Å². The highest BCUT2D eigenvalue weighted by Crippen LogP contribution is 2.22. The van der Waals surface area contributed by atoms with Crippen LogP contribution in [-0.2, 0) is 13.0 Å². The number of quaternary nitrogens is 1. The highest BCUT2D eigenvalue weighted by molar-refractivity contribution is 5.44. The van der Waals surface area contributed by atoms with Gasteiger partial charge in [0.05, 0.1) is 14.1 Å². The first-order chi connectivity index (χ1) is 8.62. The summed E-state index contributed by atoms with van der Waals surface area (Å²) in [7, 11) is 4.52. The lowest BCUT2D eigenvalue weighted by atomic mass is 10.1. The molecule has 2 aromatic rings. The molecule has 0 N–H and O–H groups in total. The van der Waals surface area contributed by atoms with Crippen molar-refractivity contribution in [3.63, 3.8) is 0 Å². The van der Waals surface area contributed by atoms with Gasteiger partial charge in [-0.25, -0.2) is 0 Å². The third kappa shape index (κ3) is 2.99. The van der Waals surface area contributed by atoms with E-state index in [2.05, 4.69) is 75.6 Å². The van der Waals surface area contributed by atoms with Crippen LogP contribution in [0.25, 0.3) is 0 Å². The maximum absolute atomic E-state index is 2.26. The van der Waals surface area contributed by atoms with Crippen LogP contribution in [0.2, 0.25) is 0 Å². The molecule has 0 saturated heterocycles. The molecule has 0 aliphatic rings. The molecule has 2 aromatic carbocycles. The molecular weight excluding hydrogens is 218 g/mol. The average molecular weight is 240 g/mol. The molecule has 18 heavy (non-hydrogen) atoms. The fourth-order valence-corrected chi connectivity index (χ4v) is 2.27. The van der Waals surface area contributed by atoms with Gasteiger partial charge in [-0.15, -0.1) is 0 Å². The molecule has 0 atom stereocenters. The van der Waals surface area contributed by atoms with Gasteiger partial charge in [0, 0.05) is 5.56 Å². The van der Waals surface area contributed by atoms with Crippen molar-refractivity contribution in [3.05, 3.63) is 65.7 Å². The van der Waals surface area contributed by atoms with Crippen LogP contribution >= 0.6 is 0 Å². The molecule has 0 spiro atoms. The third-order valence-corrected chi connectivity index (χ3v) is 3.46. The topological polar surface area (TPSA) is 0 Å². The predicted octanol–water partition coefficient (Wildman–Crippen LogP) is 4.02. The molecule has 2 rings (SSSR count). The molecule has 0 saturated carbocycles.